The predicted molar refractivity (Wildman–Crippen MR) is 82.1 cm³/mol. The van der Waals surface area contributed by atoms with Crippen LogP contribution in [0.15, 0.2) is 24.3 Å². The number of rotatable bonds is 5. The van der Waals surface area contributed by atoms with Gasteiger partial charge in [0, 0.05) is 25.0 Å². The fraction of sp³-hybridized carbons (Fsp3) is 0.588. The molecule has 0 spiro atoms. The Balaban J connectivity index is 1.43. The lowest BCUT2D eigenvalue weighted by atomic mass is 9.89. The van der Waals surface area contributed by atoms with Gasteiger partial charge in [-0.1, -0.05) is 12.1 Å². The van der Waals surface area contributed by atoms with Crippen molar-refractivity contribution in [2.45, 2.75) is 50.7 Å². The second kappa shape index (κ2) is 6.48. The summed E-state index contributed by atoms with van der Waals surface area (Å²) in [6, 6.07) is 9.14. The van der Waals surface area contributed by atoms with Gasteiger partial charge in [-0.15, -0.1) is 0 Å². The number of ether oxygens (including phenoxy) is 1. The van der Waals surface area contributed by atoms with Gasteiger partial charge in [0.05, 0.1) is 7.11 Å². The second-order valence-corrected chi connectivity index (χ2v) is 6.30. The molecule has 1 amide bonds. The predicted octanol–water partition coefficient (Wildman–Crippen LogP) is 2.23. The Hall–Kier alpha value is -1.55. The maximum Gasteiger partial charge on any atom is 0.220 e. The van der Waals surface area contributed by atoms with Crippen LogP contribution in [-0.4, -0.2) is 25.1 Å². The van der Waals surface area contributed by atoms with Crippen molar-refractivity contribution in [1.82, 2.24) is 10.6 Å². The first kappa shape index (κ1) is 14.4. The molecule has 2 N–H and O–H groups in total. The van der Waals surface area contributed by atoms with E-state index in [-0.39, 0.29) is 5.91 Å². The van der Waals surface area contributed by atoms with Gasteiger partial charge in [-0.05, 0) is 49.3 Å². The molecule has 2 heterocycles. The van der Waals surface area contributed by atoms with Crippen molar-refractivity contribution < 1.29 is 9.53 Å². The number of methoxy groups -OCH3 is 1. The van der Waals surface area contributed by atoms with Gasteiger partial charge in [-0.3, -0.25) is 4.79 Å². The van der Waals surface area contributed by atoms with Crippen molar-refractivity contribution in [3.05, 3.63) is 29.8 Å². The Morgan fingerprint density at radius 1 is 1.24 bits per heavy atom. The van der Waals surface area contributed by atoms with Crippen LogP contribution in [0.4, 0.5) is 0 Å². The van der Waals surface area contributed by atoms with Crippen LogP contribution in [0.1, 0.15) is 37.7 Å². The average molecular weight is 288 g/mol. The molecule has 4 nitrogen and oxygen atoms in total. The van der Waals surface area contributed by atoms with E-state index in [9.17, 15) is 4.79 Å². The number of fused-ring (bicyclic) bond motifs is 2. The van der Waals surface area contributed by atoms with E-state index in [1.807, 2.05) is 24.3 Å². The van der Waals surface area contributed by atoms with Crippen LogP contribution < -0.4 is 15.4 Å². The molecule has 0 aliphatic carbocycles. The zero-order chi connectivity index (χ0) is 14.7. The molecule has 0 saturated carbocycles. The molecule has 0 radical (unpaired) electrons. The number of amides is 1. The monoisotopic (exact) mass is 288 g/mol. The summed E-state index contributed by atoms with van der Waals surface area (Å²) < 4.78 is 5.13. The van der Waals surface area contributed by atoms with Gasteiger partial charge < -0.3 is 15.4 Å². The van der Waals surface area contributed by atoms with Crippen LogP contribution in [0.2, 0.25) is 0 Å². The minimum atomic E-state index is 0.178. The number of benzene rings is 1. The second-order valence-electron chi connectivity index (χ2n) is 6.30. The SMILES string of the molecule is COc1ccc(CNC(=O)CC2CC3CCC(C2)N3)cc1. The van der Waals surface area contributed by atoms with E-state index in [4.69, 9.17) is 4.74 Å². The zero-order valence-electron chi connectivity index (χ0n) is 12.6. The molecule has 2 bridgehead atoms. The molecule has 2 fully saturated rings. The topological polar surface area (TPSA) is 50.4 Å². The molecule has 1 aromatic rings. The quantitative estimate of drug-likeness (QED) is 0.873. The molecule has 2 atom stereocenters. The molecule has 3 rings (SSSR count). The minimum Gasteiger partial charge on any atom is -0.497 e. The molecule has 1 aromatic carbocycles. The molecular formula is C17H24N2O2. The lowest BCUT2D eigenvalue weighted by molar-refractivity contribution is -0.122. The van der Waals surface area contributed by atoms with Gasteiger partial charge in [0.15, 0.2) is 0 Å². The third-order valence-electron chi connectivity index (χ3n) is 4.69. The van der Waals surface area contributed by atoms with Crippen LogP contribution in [0.3, 0.4) is 0 Å². The number of carbonyl (C=O) groups excluding carboxylic acids is 1. The van der Waals surface area contributed by atoms with Gasteiger partial charge in [-0.2, -0.15) is 0 Å². The standard InChI is InChI=1S/C17H24N2O2/c1-21-16-6-2-12(3-7-16)11-18-17(20)10-13-8-14-4-5-15(9-13)19-14/h2-3,6-7,13-15,19H,4-5,8-11H2,1H3,(H,18,20). The van der Waals surface area contributed by atoms with Crippen molar-refractivity contribution in [2.75, 3.05) is 7.11 Å². The average Bonchev–Trinajstić information content (AvgIpc) is 2.84. The van der Waals surface area contributed by atoms with E-state index in [0.29, 0.717) is 31.0 Å². The van der Waals surface area contributed by atoms with Gasteiger partial charge in [0.1, 0.15) is 5.75 Å². The summed E-state index contributed by atoms with van der Waals surface area (Å²) in [4.78, 5) is 12.1. The normalized spacial score (nSPS) is 27.4. The summed E-state index contributed by atoms with van der Waals surface area (Å²) in [5.41, 5.74) is 1.11. The highest BCUT2D eigenvalue weighted by Crippen LogP contribution is 2.32. The molecular weight excluding hydrogens is 264 g/mol. The number of nitrogens with one attached hydrogen (secondary N) is 2. The lowest BCUT2D eigenvalue weighted by Crippen LogP contribution is -2.39. The Labute approximate surface area is 126 Å². The molecule has 2 aliphatic rings. The van der Waals surface area contributed by atoms with Gasteiger partial charge in [-0.25, -0.2) is 0 Å². The Morgan fingerprint density at radius 3 is 2.52 bits per heavy atom. The molecule has 0 aromatic heterocycles. The number of hydrogen-bond donors (Lipinski definition) is 2. The van der Waals surface area contributed by atoms with Gasteiger partial charge in [0.2, 0.25) is 5.91 Å². The van der Waals surface area contributed by atoms with E-state index in [0.717, 1.165) is 24.2 Å². The largest absolute Gasteiger partial charge is 0.497 e. The highest BCUT2D eigenvalue weighted by molar-refractivity contribution is 5.76. The van der Waals surface area contributed by atoms with Crippen molar-refractivity contribution in [3.63, 3.8) is 0 Å². The van der Waals surface area contributed by atoms with E-state index >= 15 is 0 Å². The summed E-state index contributed by atoms with van der Waals surface area (Å²) >= 11 is 0. The number of carbonyl (C=O) groups is 1. The van der Waals surface area contributed by atoms with Crippen LogP contribution in [0, 0.1) is 5.92 Å². The van der Waals surface area contributed by atoms with Crippen LogP contribution in [0.5, 0.6) is 5.75 Å². The molecule has 114 valence electrons. The summed E-state index contributed by atoms with van der Waals surface area (Å²) in [7, 11) is 1.66. The maximum atomic E-state index is 12.1. The molecule has 21 heavy (non-hydrogen) atoms. The highest BCUT2D eigenvalue weighted by atomic mass is 16.5. The number of piperidine rings is 1. The highest BCUT2D eigenvalue weighted by Gasteiger charge is 2.34. The van der Waals surface area contributed by atoms with Gasteiger partial charge in [0.25, 0.3) is 0 Å². The molecule has 2 unspecified atom stereocenters. The molecule has 4 heteroatoms. The Bertz CT molecular complexity index is 474. The van der Waals surface area contributed by atoms with Crippen molar-refractivity contribution in [2.24, 2.45) is 5.92 Å². The first-order valence-corrected chi connectivity index (χ1v) is 7.88. The van der Waals surface area contributed by atoms with E-state index in [2.05, 4.69) is 10.6 Å². The van der Waals surface area contributed by atoms with E-state index in [1.54, 1.807) is 7.11 Å². The maximum absolute atomic E-state index is 12.1. The van der Waals surface area contributed by atoms with E-state index < -0.39 is 0 Å². The smallest absolute Gasteiger partial charge is 0.220 e. The summed E-state index contributed by atoms with van der Waals surface area (Å²) in [6.07, 6.45) is 5.56. The van der Waals surface area contributed by atoms with E-state index in [1.165, 1.54) is 12.8 Å². The van der Waals surface area contributed by atoms with Crippen molar-refractivity contribution in [3.8, 4) is 5.75 Å². The summed E-state index contributed by atoms with van der Waals surface area (Å²) in [5.74, 6) is 1.58. The van der Waals surface area contributed by atoms with Gasteiger partial charge >= 0.3 is 0 Å². The summed E-state index contributed by atoms with van der Waals surface area (Å²) in [6.45, 7) is 0.598. The Morgan fingerprint density at radius 2 is 1.90 bits per heavy atom. The van der Waals surface area contributed by atoms with Crippen LogP contribution in [-0.2, 0) is 11.3 Å². The minimum absolute atomic E-state index is 0.178. The Kier molecular flexibility index (Phi) is 4.44. The fourth-order valence-corrected chi connectivity index (χ4v) is 3.62. The van der Waals surface area contributed by atoms with Crippen LogP contribution >= 0.6 is 0 Å². The lowest BCUT2D eigenvalue weighted by Gasteiger charge is -2.28. The molecule has 2 aliphatic heterocycles. The third-order valence-corrected chi connectivity index (χ3v) is 4.69. The number of hydrogen-bond acceptors (Lipinski definition) is 3. The first-order chi connectivity index (χ1) is 10.2. The van der Waals surface area contributed by atoms with Crippen molar-refractivity contribution >= 4 is 5.91 Å². The van der Waals surface area contributed by atoms with Crippen molar-refractivity contribution in [1.29, 1.82) is 0 Å². The third kappa shape index (κ3) is 3.76. The molecule has 2 saturated heterocycles. The van der Waals surface area contributed by atoms with Crippen LogP contribution in [0.25, 0.3) is 0 Å². The fourth-order valence-electron chi connectivity index (χ4n) is 3.62. The first-order valence-electron chi connectivity index (χ1n) is 7.88. The summed E-state index contributed by atoms with van der Waals surface area (Å²) in [5, 5.41) is 6.65. The zero-order valence-corrected chi connectivity index (χ0v) is 12.6.